The van der Waals surface area contributed by atoms with Gasteiger partial charge in [-0.15, -0.1) is 0 Å². The van der Waals surface area contributed by atoms with Crippen LogP contribution in [0.2, 0.25) is 5.15 Å². The van der Waals surface area contributed by atoms with Gasteiger partial charge in [-0.2, -0.15) is 0 Å². The predicted molar refractivity (Wildman–Crippen MR) is 76.0 cm³/mol. The molecule has 0 aliphatic heterocycles. The summed E-state index contributed by atoms with van der Waals surface area (Å²) in [6.45, 7) is 1.60. The molecule has 0 aliphatic carbocycles. The maximum absolute atomic E-state index is 13.8. The lowest BCUT2D eigenvalue weighted by atomic mass is 10.1. The molecular weight excluding hydrogens is 335 g/mol. The second-order valence-electron chi connectivity index (χ2n) is 3.88. The Morgan fingerprint density at radius 2 is 2.21 bits per heavy atom. The molecule has 0 aliphatic rings. The monoisotopic (exact) mass is 342 g/mol. The first kappa shape index (κ1) is 14.0. The van der Waals surface area contributed by atoms with Crippen molar-refractivity contribution in [2.45, 2.75) is 6.92 Å². The van der Waals surface area contributed by atoms with Crippen LogP contribution in [0.4, 0.5) is 10.1 Å². The van der Waals surface area contributed by atoms with Gasteiger partial charge in [0.1, 0.15) is 5.82 Å². The number of aromatic nitrogens is 1. The van der Waals surface area contributed by atoms with Crippen molar-refractivity contribution in [2.75, 3.05) is 5.32 Å². The van der Waals surface area contributed by atoms with E-state index in [2.05, 4.69) is 26.2 Å². The fourth-order valence-electron chi connectivity index (χ4n) is 1.52. The zero-order valence-corrected chi connectivity index (χ0v) is 12.2. The van der Waals surface area contributed by atoms with E-state index in [1.54, 1.807) is 25.1 Å². The van der Waals surface area contributed by atoms with E-state index in [1.807, 2.05) is 0 Å². The van der Waals surface area contributed by atoms with E-state index < -0.39 is 11.7 Å². The van der Waals surface area contributed by atoms with Crippen LogP contribution in [-0.4, -0.2) is 10.9 Å². The summed E-state index contributed by atoms with van der Waals surface area (Å²) < 4.78 is 14.5. The number of carbonyl (C=O) groups excluding carboxylic acids is 1. The molecule has 0 radical (unpaired) electrons. The molecule has 0 spiro atoms. The number of rotatable bonds is 2. The quantitative estimate of drug-likeness (QED) is 0.831. The molecule has 1 N–H and O–H groups in total. The molecule has 1 amide bonds. The number of nitrogens with zero attached hydrogens (tertiary/aromatic N) is 1. The topological polar surface area (TPSA) is 42.0 Å². The van der Waals surface area contributed by atoms with Crippen molar-refractivity contribution in [2.24, 2.45) is 0 Å². The first-order valence-corrected chi connectivity index (χ1v) is 6.53. The number of pyridine rings is 1. The van der Waals surface area contributed by atoms with Gasteiger partial charge in [0.2, 0.25) is 0 Å². The molecule has 0 saturated carbocycles. The fraction of sp³-hybridized carbons (Fsp3) is 0.0769. The molecule has 6 heteroatoms. The van der Waals surface area contributed by atoms with E-state index in [0.29, 0.717) is 15.7 Å². The molecule has 0 bridgehead atoms. The number of nitrogens with one attached hydrogen (secondary N) is 1. The number of hydrogen-bond acceptors (Lipinski definition) is 2. The summed E-state index contributed by atoms with van der Waals surface area (Å²) >= 11 is 9.08. The molecule has 0 atom stereocenters. The molecule has 3 nitrogen and oxygen atoms in total. The number of halogens is 3. The summed E-state index contributed by atoms with van der Waals surface area (Å²) in [5.41, 5.74) is 0.698. The van der Waals surface area contributed by atoms with E-state index in [-0.39, 0.29) is 10.7 Å². The van der Waals surface area contributed by atoms with Crippen LogP contribution in [0.1, 0.15) is 15.9 Å². The normalized spacial score (nSPS) is 10.3. The van der Waals surface area contributed by atoms with Gasteiger partial charge >= 0.3 is 0 Å². The summed E-state index contributed by atoms with van der Waals surface area (Å²) in [5, 5.41) is 2.68. The third-order valence-electron chi connectivity index (χ3n) is 2.49. The zero-order valence-electron chi connectivity index (χ0n) is 9.88. The lowest BCUT2D eigenvalue weighted by Crippen LogP contribution is -2.14. The van der Waals surface area contributed by atoms with Gasteiger partial charge in [0.25, 0.3) is 5.91 Å². The van der Waals surface area contributed by atoms with Crippen molar-refractivity contribution in [3.05, 3.63) is 57.0 Å². The van der Waals surface area contributed by atoms with E-state index >= 15 is 0 Å². The lowest BCUT2D eigenvalue weighted by molar-refractivity contribution is 0.102. The van der Waals surface area contributed by atoms with Crippen molar-refractivity contribution in [3.63, 3.8) is 0 Å². The Kier molecular flexibility index (Phi) is 4.17. The molecule has 0 unspecified atom stereocenters. The number of hydrogen-bond donors (Lipinski definition) is 1. The van der Waals surface area contributed by atoms with Crippen molar-refractivity contribution in [3.8, 4) is 0 Å². The molecule has 1 aromatic carbocycles. The van der Waals surface area contributed by atoms with Gasteiger partial charge in [-0.25, -0.2) is 9.37 Å². The van der Waals surface area contributed by atoms with Crippen LogP contribution >= 0.6 is 27.5 Å². The Bertz CT molecular complexity index is 649. The van der Waals surface area contributed by atoms with Crippen LogP contribution in [0.15, 0.2) is 34.9 Å². The minimum absolute atomic E-state index is 0.0314. The largest absolute Gasteiger partial charge is 0.319 e. The highest BCUT2D eigenvalue weighted by Crippen LogP contribution is 2.24. The number of anilines is 1. The van der Waals surface area contributed by atoms with Gasteiger partial charge in [-0.3, -0.25) is 4.79 Å². The molecule has 0 saturated heterocycles. The SMILES string of the molecule is Cc1cccc(C(=O)Nc2cc(Br)cnc2Cl)c1F. The zero-order chi connectivity index (χ0) is 14.0. The Morgan fingerprint density at radius 1 is 1.47 bits per heavy atom. The Balaban J connectivity index is 2.31. The van der Waals surface area contributed by atoms with E-state index in [4.69, 9.17) is 11.6 Å². The number of benzene rings is 1. The van der Waals surface area contributed by atoms with Gasteiger partial charge in [0, 0.05) is 10.7 Å². The summed E-state index contributed by atoms with van der Waals surface area (Å²) in [4.78, 5) is 15.9. The van der Waals surface area contributed by atoms with Gasteiger partial charge in [0.05, 0.1) is 11.3 Å². The van der Waals surface area contributed by atoms with E-state index in [9.17, 15) is 9.18 Å². The standard InChI is InChI=1S/C13H9BrClFN2O/c1-7-3-2-4-9(11(7)16)13(19)18-10-5-8(14)6-17-12(10)15/h2-6H,1H3,(H,18,19). The fourth-order valence-corrected chi connectivity index (χ4v) is 2.00. The molecule has 98 valence electrons. The predicted octanol–water partition coefficient (Wildman–Crippen LogP) is 4.20. The first-order valence-electron chi connectivity index (χ1n) is 5.36. The third kappa shape index (κ3) is 3.11. The molecule has 2 aromatic rings. The van der Waals surface area contributed by atoms with Crippen molar-refractivity contribution in [1.82, 2.24) is 4.98 Å². The van der Waals surface area contributed by atoms with Gasteiger partial charge < -0.3 is 5.32 Å². The number of aryl methyl sites for hydroxylation is 1. The van der Waals surface area contributed by atoms with Gasteiger partial charge in [-0.1, -0.05) is 23.7 Å². The third-order valence-corrected chi connectivity index (χ3v) is 3.23. The Hall–Kier alpha value is -1.46. The maximum Gasteiger partial charge on any atom is 0.258 e. The summed E-state index contributed by atoms with van der Waals surface area (Å²) in [6, 6.07) is 6.23. The lowest BCUT2D eigenvalue weighted by Gasteiger charge is -2.08. The van der Waals surface area contributed by atoms with Crippen LogP contribution in [-0.2, 0) is 0 Å². The highest BCUT2D eigenvalue weighted by Gasteiger charge is 2.15. The minimum Gasteiger partial charge on any atom is -0.319 e. The number of amides is 1. The smallest absolute Gasteiger partial charge is 0.258 e. The average molecular weight is 344 g/mol. The molecular formula is C13H9BrClFN2O. The van der Waals surface area contributed by atoms with Crippen LogP contribution in [0.25, 0.3) is 0 Å². The van der Waals surface area contributed by atoms with Crippen molar-refractivity contribution < 1.29 is 9.18 Å². The van der Waals surface area contributed by atoms with Crippen LogP contribution < -0.4 is 5.32 Å². The summed E-state index contributed by atoms with van der Waals surface area (Å²) in [7, 11) is 0. The molecule has 1 aromatic heterocycles. The van der Waals surface area contributed by atoms with Crippen LogP contribution in [0, 0.1) is 12.7 Å². The molecule has 1 heterocycles. The first-order chi connectivity index (χ1) is 8.99. The maximum atomic E-state index is 13.8. The minimum atomic E-state index is -0.567. The number of carbonyl (C=O) groups is 1. The van der Waals surface area contributed by atoms with Gasteiger partial charge in [0.15, 0.2) is 5.15 Å². The van der Waals surface area contributed by atoms with Gasteiger partial charge in [-0.05, 0) is 40.5 Å². The average Bonchev–Trinajstić information content (AvgIpc) is 2.37. The van der Waals surface area contributed by atoms with E-state index in [0.717, 1.165) is 0 Å². The van der Waals surface area contributed by atoms with Crippen molar-refractivity contribution in [1.29, 1.82) is 0 Å². The summed E-state index contributed by atoms with van der Waals surface area (Å²) in [5.74, 6) is -1.11. The Labute approximate surface area is 122 Å². The second kappa shape index (κ2) is 5.67. The van der Waals surface area contributed by atoms with E-state index in [1.165, 1.54) is 12.3 Å². The highest BCUT2D eigenvalue weighted by molar-refractivity contribution is 9.10. The molecule has 0 fully saturated rings. The molecule has 19 heavy (non-hydrogen) atoms. The second-order valence-corrected chi connectivity index (χ2v) is 5.16. The Morgan fingerprint density at radius 3 is 2.95 bits per heavy atom. The molecule has 2 rings (SSSR count). The summed E-state index contributed by atoms with van der Waals surface area (Å²) in [6.07, 6.45) is 1.51. The van der Waals surface area contributed by atoms with Crippen molar-refractivity contribution >= 4 is 39.1 Å². The van der Waals surface area contributed by atoms with Crippen LogP contribution in [0.3, 0.4) is 0 Å². The highest BCUT2D eigenvalue weighted by atomic mass is 79.9. The van der Waals surface area contributed by atoms with Crippen LogP contribution in [0.5, 0.6) is 0 Å².